The maximum absolute atomic E-state index is 12.7. The van der Waals surface area contributed by atoms with E-state index in [1.807, 2.05) is 6.07 Å². The Morgan fingerprint density at radius 1 is 1.12 bits per heavy atom. The van der Waals surface area contributed by atoms with Crippen LogP contribution in [0, 0.1) is 6.92 Å². The Kier molecular flexibility index (Phi) is 8.04. The van der Waals surface area contributed by atoms with Crippen molar-refractivity contribution in [3.8, 4) is 11.6 Å². The minimum Gasteiger partial charge on any atom is -0.481 e. The lowest BCUT2D eigenvalue weighted by molar-refractivity contribution is -0.139. The third-order valence-corrected chi connectivity index (χ3v) is 4.76. The molecule has 0 aliphatic carbocycles. The van der Waals surface area contributed by atoms with Gasteiger partial charge in [0.25, 0.3) is 0 Å². The van der Waals surface area contributed by atoms with Gasteiger partial charge in [0.2, 0.25) is 5.88 Å². The fourth-order valence-corrected chi connectivity index (χ4v) is 3.04. The Morgan fingerprint density at radius 3 is 2.48 bits per heavy atom. The Balaban J connectivity index is 1.63. The highest BCUT2D eigenvalue weighted by Crippen LogP contribution is 2.21. The molecule has 0 unspecified atom stereocenters. The van der Waals surface area contributed by atoms with E-state index < -0.39 is 36.9 Å². The molecule has 0 aliphatic rings. The van der Waals surface area contributed by atoms with Gasteiger partial charge in [0, 0.05) is 11.1 Å². The van der Waals surface area contributed by atoms with Crippen LogP contribution < -0.4 is 10.1 Å². The molecule has 10 heteroatoms. The Hall–Kier alpha value is -3.85. The van der Waals surface area contributed by atoms with Crippen LogP contribution in [0.25, 0.3) is 5.69 Å². The molecule has 0 fully saturated rings. The van der Waals surface area contributed by atoms with Crippen molar-refractivity contribution in [2.75, 3.05) is 6.61 Å². The first-order chi connectivity index (χ1) is 15.8. The number of nitrogens with one attached hydrogen (secondary N) is 1. The predicted molar refractivity (Wildman–Crippen MR) is 120 cm³/mol. The number of carboxylic acids is 1. The van der Waals surface area contributed by atoms with E-state index in [0.29, 0.717) is 16.4 Å². The monoisotopic (exact) mass is 471 g/mol. The number of Topliss-reactive ketones (excluding diaryl/α,β-unsaturated/α-hetero) is 1. The number of aliphatic carboxylic acids is 1. The summed E-state index contributed by atoms with van der Waals surface area (Å²) in [6.07, 6.45) is -1.52. The predicted octanol–water partition coefficient (Wildman–Crippen LogP) is 3.55. The molecule has 0 aliphatic heterocycles. The van der Waals surface area contributed by atoms with Gasteiger partial charge in [-0.15, -0.1) is 0 Å². The zero-order chi connectivity index (χ0) is 23.8. The quantitative estimate of drug-likeness (QED) is 0.464. The number of ketones is 1. The number of rotatable bonds is 10. The second-order valence-corrected chi connectivity index (χ2v) is 7.56. The summed E-state index contributed by atoms with van der Waals surface area (Å²) in [5, 5.41) is 16.3. The Morgan fingerprint density at radius 2 is 1.82 bits per heavy atom. The van der Waals surface area contributed by atoms with Crippen molar-refractivity contribution in [2.24, 2.45) is 0 Å². The molecule has 33 heavy (non-hydrogen) atoms. The van der Waals surface area contributed by atoms with Crippen molar-refractivity contribution in [1.82, 2.24) is 15.1 Å². The van der Waals surface area contributed by atoms with E-state index in [4.69, 9.17) is 26.2 Å². The highest BCUT2D eigenvalue weighted by Gasteiger charge is 2.25. The number of alkyl carbamates (subject to hydrolysis) is 1. The summed E-state index contributed by atoms with van der Waals surface area (Å²) >= 11 is 5.92. The lowest BCUT2D eigenvalue weighted by atomic mass is 10.1. The summed E-state index contributed by atoms with van der Waals surface area (Å²) in [7, 11) is 0. The van der Waals surface area contributed by atoms with Crippen LogP contribution in [0.2, 0.25) is 5.02 Å². The van der Waals surface area contributed by atoms with E-state index >= 15 is 0 Å². The molecule has 0 bridgehead atoms. The molecule has 1 atom stereocenters. The number of carbonyl (C=O) groups is 3. The first-order valence-electron chi connectivity index (χ1n) is 9.99. The summed E-state index contributed by atoms with van der Waals surface area (Å²) in [5.74, 6) is -1.60. The van der Waals surface area contributed by atoms with Gasteiger partial charge in [-0.2, -0.15) is 5.10 Å². The first kappa shape index (κ1) is 23.8. The van der Waals surface area contributed by atoms with Crippen LogP contribution in [0.5, 0.6) is 5.88 Å². The van der Waals surface area contributed by atoms with Crippen LogP contribution >= 0.6 is 11.6 Å². The molecule has 1 amide bonds. The molecule has 3 aromatic rings. The van der Waals surface area contributed by atoms with Crippen LogP contribution in [0.1, 0.15) is 17.7 Å². The van der Waals surface area contributed by atoms with E-state index in [0.717, 1.165) is 5.56 Å². The number of aromatic nitrogens is 2. The molecular weight excluding hydrogens is 450 g/mol. The molecule has 2 N–H and O–H groups in total. The molecule has 0 spiro atoms. The molecule has 1 aromatic heterocycles. The topological polar surface area (TPSA) is 120 Å². The average molecular weight is 472 g/mol. The van der Waals surface area contributed by atoms with Crippen molar-refractivity contribution in [2.45, 2.75) is 26.0 Å². The van der Waals surface area contributed by atoms with Gasteiger partial charge in [-0.3, -0.25) is 9.59 Å². The molecule has 3 rings (SSSR count). The minimum atomic E-state index is -1.32. The number of aryl methyl sites for hydroxylation is 1. The smallest absolute Gasteiger partial charge is 0.408 e. The molecule has 0 radical (unpaired) electrons. The number of carboxylic acid groups (broad SMARTS) is 1. The third kappa shape index (κ3) is 7.08. The number of hydrogen-bond donors (Lipinski definition) is 2. The fourth-order valence-electron chi connectivity index (χ4n) is 2.92. The number of carbonyl (C=O) groups excluding carboxylic acids is 2. The van der Waals surface area contributed by atoms with Gasteiger partial charge in [0.05, 0.1) is 17.8 Å². The second-order valence-electron chi connectivity index (χ2n) is 7.12. The van der Waals surface area contributed by atoms with E-state index in [-0.39, 0.29) is 12.5 Å². The molecule has 172 valence electrons. The highest BCUT2D eigenvalue weighted by molar-refractivity contribution is 6.30. The first-order valence-corrected chi connectivity index (χ1v) is 10.4. The summed E-state index contributed by atoms with van der Waals surface area (Å²) in [6.45, 7) is 1.27. The Bertz CT molecular complexity index is 1110. The van der Waals surface area contributed by atoms with Crippen LogP contribution in [0.3, 0.4) is 0 Å². The number of benzene rings is 2. The second kappa shape index (κ2) is 11.1. The zero-order valence-corrected chi connectivity index (χ0v) is 18.5. The van der Waals surface area contributed by atoms with E-state index in [2.05, 4.69) is 10.4 Å². The molecule has 2 aromatic carbocycles. The lowest BCUT2D eigenvalue weighted by Crippen LogP contribution is -2.44. The molecular formula is C23H22ClN3O6. The number of nitrogens with zero attached hydrogens (tertiary/aromatic N) is 2. The molecule has 0 saturated carbocycles. The van der Waals surface area contributed by atoms with Crippen molar-refractivity contribution in [3.63, 3.8) is 0 Å². The third-order valence-electron chi connectivity index (χ3n) is 4.50. The zero-order valence-electron chi connectivity index (χ0n) is 17.7. The van der Waals surface area contributed by atoms with E-state index in [1.54, 1.807) is 61.5 Å². The highest BCUT2D eigenvalue weighted by atomic mass is 35.5. The van der Waals surface area contributed by atoms with Crippen LogP contribution in [-0.2, 0) is 20.9 Å². The van der Waals surface area contributed by atoms with Gasteiger partial charge in [-0.05, 0) is 36.8 Å². The maximum atomic E-state index is 12.7. The van der Waals surface area contributed by atoms with Crippen molar-refractivity contribution in [1.29, 1.82) is 0 Å². The number of ether oxygens (including phenoxy) is 2. The minimum absolute atomic E-state index is 0.0172. The molecule has 0 saturated heterocycles. The maximum Gasteiger partial charge on any atom is 0.408 e. The van der Waals surface area contributed by atoms with E-state index in [1.165, 1.54) is 4.68 Å². The lowest BCUT2D eigenvalue weighted by Gasteiger charge is -2.16. The number of amides is 1. The molecule has 9 nitrogen and oxygen atoms in total. The van der Waals surface area contributed by atoms with Gasteiger partial charge in [0.1, 0.15) is 12.6 Å². The largest absolute Gasteiger partial charge is 0.481 e. The fraction of sp³-hybridized carbons (Fsp3) is 0.217. The SMILES string of the molecule is Cc1cc(OCC(=O)[C@H](CC(=O)O)NC(=O)OCc2ccccc2)n(-c2ccc(Cl)cc2)n1. The van der Waals surface area contributed by atoms with Gasteiger partial charge in [0.15, 0.2) is 12.4 Å². The average Bonchev–Trinajstić information content (AvgIpc) is 3.17. The van der Waals surface area contributed by atoms with Gasteiger partial charge >= 0.3 is 12.1 Å². The molecule has 1 heterocycles. The Labute approximate surface area is 194 Å². The van der Waals surface area contributed by atoms with Crippen molar-refractivity contribution >= 4 is 29.4 Å². The van der Waals surface area contributed by atoms with Crippen molar-refractivity contribution in [3.05, 3.63) is 76.9 Å². The number of halogens is 1. The van der Waals surface area contributed by atoms with Crippen LogP contribution in [-0.4, -0.2) is 45.4 Å². The van der Waals surface area contributed by atoms with Gasteiger partial charge < -0.3 is 19.9 Å². The van der Waals surface area contributed by atoms with Gasteiger partial charge in [-0.1, -0.05) is 41.9 Å². The summed E-state index contributed by atoms with van der Waals surface area (Å²) in [5.41, 5.74) is 2.07. The number of hydrogen-bond acceptors (Lipinski definition) is 6. The normalized spacial score (nSPS) is 11.5. The van der Waals surface area contributed by atoms with Crippen LogP contribution in [0.4, 0.5) is 4.79 Å². The standard InChI is InChI=1S/C23H22ClN3O6/c1-15-11-21(27(26-15)18-9-7-17(24)8-10-18)32-14-20(28)19(12-22(29)30)25-23(31)33-13-16-5-3-2-4-6-16/h2-11,19H,12-14H2,1H3,(H,25,31)(H,29,30)/t19-/m0/s1. The van der Waals surface area contributed by atoms with Crippen molar-refractivity contribution < 1.29 is 29.0 Å². The summed E-state index contributed by atoms with van der Waals surface area (Å²) < 4.78 is 12.2. The summed E-state index contributed by atoms with van der Waals surface area (Å²) in [6, 6.07) is 16.1. The van der Waals surface area contributed by atoms with Gasteiger partial charge in [-0.25, -0.2) is 9.48 Å². The van der Waals surface area contributed by atoms with Crippen LogP contribution in [0.15, 0.2) is 60.7 Å². The van der Waals surface area contributed by atoms with E-state index in [9.17, 15) is 14.4 Å². The summed E-state index contributed by atoms with van der Waals surface area (Å²) in [4.78, 5) is 36.0.